The normalized spacial score (nSPS) is 12.0. The van der Waals surface area contributed by atoms with E-state index in [0.29, 0.717) is 12.3 Å². The number of hydrogen-bond donors (Lipinski definition) is 0. The van der Waals surface area contributed by atoms with Crippen molar-refractivity contribution in [3.05, 3.63) is 35.4 Å². The van der Waals surface area contributed by atoms with E-state index in [1.165, 1.54) is 16.0 Å². The van der Waals surface area contributed by atoms with Crippen LogP contribution in [0.25, 0.3) is 0 Å². The molecule has 0 N–H and O–H groups in total. The average molecular weight is 258 g/mol. The highest BCUT2D eigenvalue weighted by atomic mass is 16.2. The van der Waals surface area contributed by atoms with Gasteiger partial charge in [0.05, 0.1) is 6.07 Å². The van der Waals surface area contributed by atoms with E-state index in [0.717, 1.165) is 0 Å². The van der Waals surface area contributed by atoms with Crippen LogP contribution in [0.3, 0.4) is 0 Å². The predicted molar refractivity (Wildman–Crippen MR) is 76.6 cm³/mol. The summed E-state index contributed by atoms with van der Waals surface area (Å²) >= 11 is 0. The fourth-order valence-electron chi connectivity index (χ4n) is 2.09. The second-order valence-electron chi connectivity index (χ2n) is 5.37. The molecule has 1 unspecified atom stereocenters. The monoisotopic (exact) mass is 258 g/mol. The average Bonchev–Trinajstić information content (AvgIpc) is 2.37. The van der Waals surface area contributed by atoms with Gasteiger partial charge in [0.1, 0.15) is 6.54 Å². The fourth-order valence-corrected chi connectivity index (χ4v) is 2.09. The Bertz CT molecular complexity index is 457. The predicted octanol–water partition coefficient (Wildman–Crippen LogP) is 3.11. The summed E-state index contributed by atoms with van der Waals surface area (Å²) < 4.78 is 0. The smallest absolute Gasteiger partial charge is 0.223 e. The Morgan fingerprint density at radius 1 is 1.32 bits per heavy atom. The van der Waals surface area contributed by atoms with Crippen LogP contribution in [0.4, 0.5) is 0 Å². The maximum atomic E-state index is 12.1. The lowest BCUT2D eigenvalue weighted by Gasteiger charge is -2.23. The van der Waals surface area contributed by atoms with Crippen molar-refractivity contribution in [3.63, 3.8) is 0 Å². The number of aryl methyl sites for hydroxylation is 1. The fraction of sp³-hybridized carbons (Fsp3) is 0.500. The first kappa shape index (κ1) is 15.2. The van der Waals surface area contributed by atoms with E-state index < -0.39 is 0 Å². The van der Waals surface area contributed by atoms with Crippen LogP contribution >= 0.6 is 0 Å². The van der Waals surface area contributed by atoms with Gasteiger partial charge in [-0.2, -0.15) is 5.26 Å². The summed E-state index contributed by atoms with van der Waals surface area (Å²) in [6, 6.07) is 10.3. The van der Waals surface area contributed by atoms with Gasteiger partial charge in [-0.3, -0.25) is 4.79 Å². The number of rotatable bonds is 5. The molecule has 102 valence electrons. The minimum atomic E-state index is 0.0285. The van der Waals surface area contributed by atoms with Gasteiger partial charge in [-0.15, -0.1) is 0 Å². The SMILES string of the molecule is Cc1ccc(C(CC(=O)N(C)CC#N)C(C)C)cc1. The second-order valence-corrected chi connectivity index (χ2v) is 5.37. The van der Waals surface area contributed by atoms with E-state index in [9.17, 15) is 4.79 Å². The molecule has 0 saturated carbocycles. The zero-order chi connectivity index (χ0) is 14.4. The van der Waals surface area contributed by atoms with Crippen LogP contribution in [0.2, 0.25) is 0 Å². The summed E-state index contributed by atoms with van der Waals surface area (Å²) in [5.74, 6) is 0.622. The molecule has 0 saturated heterocycles. The Hall–Kier alpha value is -1.82. The molecule has 0 aliphatic rings. The first-order chi connectivity index (χ1) is 8.95. The minimum Gasteiger partial charge on any atom is -0.332 e. The standard InChI is InChI=1S/C16H22N2O/c1-12(2)15(11-16(19)18(4)10-9-17)14-7-5-13(3)6-8-14/h5-8,12,15H,10-11H2,1-4H3. The van der Waals surface area contributed by atoms with Gasteiger partial charge in [-0.25, -0.2) is 0 Å². The van der Waals surface area contributed by atoms with E-state index in [2.05, 4.69) is 45.0 Å². The van der Waals surface area contributed by atoms with Crippen LogP contribution in [0.5, 0.6) is 0 Å². The molecule has 1 aromatic carbocycles. The van der Waals surface area contributed by atoms with Gasteiger partial charge < -0.3 is 4.90 Å². The van der Waals surface area contributed by atoms with Gasteiger partial charge in [0.15, 0.2) is 0 Å². The summed E-state index contributed by atoms with van der Waals surface area (Å²) in [6.45, 7) is 6.46. The maximum Gasteiger partial charge on any atom is 0.223 e. The van der Waals surface area contributed by atoms with Crippen LogP contribution < -0.4 is 0 Å². The van der Waals surface area contributed by atoms with Crippen LogP contribution in [0.15, 0.2) is 24.3 Å². The van der Waals surface area contributed by atoms with Gasteiger partial charge >= 0.3 is 0 Å². The molecular weight excluding hydrogens is 236 g/mol. The molecule has 0 fully saturated rings. The number of nitriles is 1. The van der Waals surface area contributed by atoms with Crippen LogP contribution in [-0.2, 0) is 4.79 Å². The number of benzene rings is 1. The summed E-state index contributed by atoms with van der Waals surface area (Å²) in [6.07, 6.45) is 0.457. The van der Waals surface area contributed by atoms with Crippen molar-refractivity contribution in [2.75, 3.05) is 13.6 Å². The summed E-state index contributed by atoms with van der Waals surface area (Å²) in [5.41, 5.74) is 2.42. The lowest BCUT2D eigenvalue weighted by atomic mass is 9.85. The molecule has 0 aliphatic heterocycles. The summed E-state index contributed by atoms with van der Waals surface area (Å²) in [4.78, 5) is 13.6. The van der Waals surface area contributed by atoms with Crippen LogP contribution in [-0.4, -0.2) is 24.4 Å². The van der Waals surface area contributed by atoms with Crippen molar-refractivity contribution in [2.45, 2.75) is 33.1 Å². The number of nitrogens with zero attached hydrogens (tertiary/aromatic N) is 2. The van der Waals surface area contributed by atoms with Crippen molar-refractivity contribution in [3.8, 4) is 6.07 Å². The van der Waals surface area contributed by atoms with Crippen molar-refractivity contribution >= 4 is 5.91 Å². The van der Waals surface area contributed by atoms with E-state index in [4.69, 9.17) is 5.26 Å². The van der Waals surface area contributed by atoms with Gasteiger partial charge in [0.25, 0.3) is 0 Å². The lowest BCUT2D eigenvalue weighted by molar-refractivity contribution is -0.130. The van der Waals surface area contributed by atoms with Gasteiger partial charge in [0.2, 0.25) is 5.91 Å². The number of hydrogen-bond acceptors (Lipinski definition) is 2. The molecule has 0 radical (unpaired) electrons. The van der Waals surface area contributed by atoms with Crippen LogP contribution in [0.1, 0.15) is 37.3 Å². The highest BCUT2D eigenvalue weighted by molar-refractivity contribution is 5.77. The Labute approximate surface area is 115 Å². The molecule has 0 spiro atoms. The number of carbonyl (C=O) groups is 1. The molecular formula is C16H22N2O. The quantitative estimate of drug-likeness (QED) is 0.762. The molecule has 3 nitrogen and oxygen atoms in total. The third-order valence-corrected chi connectivity index (χ3v) is 3.44. The zero-order valence-corrected chi connectivity index (χ0v) is 12.2. The van der Waals surface area contributed by atoms with Gasteiger partial charge in [-0.05, 0) is 24.3 Å². The number of carbonyl (C=O) groups excluding carboxylic acids is 1. The maximum absolute atomic E-state index is 12.1. The van der Waals surface area contributed by atoms with Crippen molar-refractivity contribution < 1.29 is 4.79 Å². The molecule has 1 aromatic rings. The summed E-state index contributed by atoms with van der Waals surface area (Å²) in [7, 11) is 1.68. The highest BCUT2D eigenvalue weighted by Crippen LogP contribution is 2.28. The van der Waals surface area contributed by atoms with Crippen molar-refractivity contribution in [1.82, 2.24) is 4.90 Å². The van der Waals surface area contributed by atoms with E-state index >= 15 is 0 Å². The Kier molecular flexibility index (Phi) is 5.57. The Balaban J connectivity index is 2.82. The highest BCUT2D eigenvalue weighted by Gasteiger charge is 2.21. The molecule has 0 heterocycles. The van der Waals surface area contributed by atoms with Crippen molar-refractivity contribution in [2.24, 2.45) is 5.92 Å². The Morgan fingerprint density at radius 2 is 1.89 bits per heavy atom. The minimum absolute atomic E-state index is 0.0285. The third kappa shape index (κ3) is 4.40. The van der Waals surface area contributed by atoms with Crippen molar-refractivity contribution in [1.29, 1.82) is 5.26 Å². The molecule has 1 atom stereocenters. The molecule has 1 rings (SSSR count). The largest absolute Gasteiger partial charge is 0.332 e. The number of amides is 1. The van der Waals surface area contributed by atoms with E-state index in [-0.39, 0.29) is 18.4 Å². The van der Waals surface area contributed by atoms with Gasteiger partial charge in [-0.1, -0.05) is 43.7 Å². The zero-order valence-electron chi connectivity index (χ0n) is 12.2. The Morgan fingerprint density at radius 3 is 2.37 bits per heavy atom. The molecule has 0 aromatic heterocycles. The lowest BCUT2D eigenvalue weighted by Crippen LogP contribution is -2.29. The molecule has 1 amide bonds. The molecule has 19 heavy (non-hydrogen) atoms. The van der Waals surface area contributed by atoms with E-state index in [1.54, 1.807) is 7.05 Å². The van der Waals surface area contributed by atoms with Gasteiger partial charge in [0, 0.05) is 13.5 Å². The summed E-state index contributed by atoms with van der Waals surface area (Å²) in [5, 5.41) is 8.63. The topological polar surface area (TPSA) is 44.1 Å². The third-order valence-electron chi connectivity index (χ3n) is 3.44. The first-order valence-electron chi connectivity index (χ1n) is 6.63. The molecule has 0 bridgehead atoms. The second kappa shape index (κ2) is 6.94. The van der Waals surface area contributed by atoms with E-state index in [1.807, 2.05) is 6.07 Å². The first-order valence-corrected chi connectivity index (χ1v) is 6.63. The molecule has 0 aliphatic carbocycles. The van der Waals surface area contributed by atoms with Crippen LogP contribution in [0, 0.1) is 24.2 Å². The molecule has 3 heteroatoms.